The van der Waals surface area contributed by atoms with Crippen molar-refractivity contribution in [2.75, 3.05) is 5.75 Å². The quantitative estimate of drug-likeness (QED) is 0.824. The molecule has 0 aromatic heterocycles. The van der Waals surface area contributed by atoms with Gasteiger partial charge in [-0.15, -0.1) is 11.8 Å². The lowest BCUT2D eigenvalue weighted by molar-refractivity contribution is -0.151. The van der Waals surface area contributed by atoms with Gasteiger partial charge in [-0.1, -0.05) is 6.42 Å². The zero-order valence-electron chi connectivity index (χ0n) is 11.6. The van der Waals surface area contributed by atoms with Crippen molar-refractivity contribution in [3.63, 3.8) is 0 Å². The summed E-state index contributed by atoms with van der Waals surface area (Å²) in [5.41, 5.74) is -1.77. The SMILES string of the molecule is CC(C)(NC(=O)C1CCCCS1)C(C)(C)C(=O)O. The first-order valence-corrected chi connectivity index (χ1v) is 7.40. The molecule has 104 valence electrons. The van der Waals surface area contributed by atoms with E-state index in [-0.39, 0.29) is 11.2 Å². The molecule has 0 saturated carbocycles. The Morgan fingerprint density at radius 2 is 1.83 bits per heavy atom. The molecular formula is C13H23NO3S. The van der Waals surface area contributed by atoms with Crippen LogP contribution in [0, 0.1) is 5.41 Å². The molecule has 0 aromatic carbocycles. The van der Waals surface area contributed by atoms with Gasteiger partial charge in [-0.3, -0.25) is 9.59 Å². The van der Waals surface area contributed by atoms with E-state index in [0.29, 0.717) is 0 Å². The summed E-state index contributed by atoms with van der Waals surface area (Å²) < 4.78 is 0. The van der Waals surface area contributed by atoms with Gasteiger partial charge in [0.2, 0.25) is 5.91 Å². The molecule has 0 aromatic rings. The van der Waals surface area contributed by atoms with Crippen molar-refractivity contribution in [3.05, 3.63) is 0 Å². The van der Waals surface area contributed by atoms with Crippen LogP contribution in [0.25, 0.3) is 0 Å². The van der Waals surface area contributed by atoms with Crippen LogP contribution in [0.2, 0.25) is 0 Å². The number of carbonyl (C=O) groups is 2. The second-order valence-corrected chi connectivity index (χ2v) is 7.21. The molecule has 1 saturated heterocycles. The fourth-order valence-electron chi connectivity index (χ4n) is 1.76. The van der Waals surface area contributed by atoms with Gasteiger partial charge in [0, 0.05) is 5.54 Å². The summed E-state index contributed by atoms with van der Waals surface area (Å²) in [6.45, 7) is 6.83. The first-order chi connectivity index (χ1) is 8.18. The highest BCUT2D eigenvalue weighted by Gasteiger charge is 2.45. The van der Waals surface area contributed by atoms with Gasteiger partial charge in [0.15, 0.2) is 0 Å². The summed E-state index contributed by atoms with van der Waals surface area (Å²) in [4.78, 5) is 23.4. The number of hydrogen-bond acceptors (Lipinski definition) is 3. The van der Waals surface area contributed by atoms with Crippen LogP contribution in [0.5, 0.6) is 0 Å². The summed E-state index contributed by atoms with van der Waals surface area (Å²) >= 11 is 1.67. The molecule has 1 aliphatic rings. The van der Waals surface area contributed by atoms with Crippen LogP contribution in [-0.4, -0.2) is 33.5 Å². The van der Waals surface area contributed by atoms with Gasteiger partial charge in [-0.25, -0.2) is 0 Å². The van der Waals surface area contributed by atoms with E-state index in [2.05, 4.69) is 5.32 Å². The first-order valence-electron chi connectivity index (χ1n) is 6.35. The van der Waals surface area contributed by atoms with Gasteiger partial charge >= 0.3 is 5.97 Å². The molecule has 1 heterocycles. The standard InChI is InChI=1S/C13H23NO3S/c1-12(2,11(16)17)13(3,4)14-10(15)9-7-5-6-8-18-9/h9H,5-8H2,1-4H3,(H,14,15)(H,16,17). The van der Waals surface area contributed by atoms with E-state index in [0.717, 1.165) is 18.6 Å². The molecule has 5 heteroatoms. The van der Waals surface area contributed by atoms with Crippen molar-refractivity contribution in [3.8, 4) is 0 Å². The number of hydrogen-bond donors (Lipinski definition) is 2. The minimum atomic E-state index is -0.998. The molecule has 0 bridgehead atoms. The molecule has 2 N–H and O–H groups in total. The summed E-state index contributed by atoms with van der Waals surface area (Å²) in [5.74, 6) is 0.0871. The van der Waals surface area contributed by atoms with Gasteiger partial charge in [-0.2, -0.15) is 0 Å². The minimum Gasteiger partial charge on any atom is -0.481 e. The summed E-state index contributed by atoms with van der Waals surface area (Å²) in [6, 6.07) is 0. The molecule has 18 heavy (non-hydrogen) atoms. The van der Waals surface area contributed by atoms with E-state index in [9.17, 15) is 14.7 Å². The van der Waals surface area contributed by atoms with Crippen LogP contribution in [0.15, 0.2) is 0 Å². The van der Waals surface area contributed by atoms with Crippen LogP contribution < -0.4 is 5.32 Å². The third-order valence-corrected chi connectivity index (χ3v) is 5.38. The average Bonchev–Trinajstić information content (AvgIpc) is 2.29. The Balaban J connectivity index is 2.70. The molecule has 1 atom stereocenters. The minimum absolute atomic E-state index is 0.0254. The summed E-state index contributed by atoms with van der Waals surface area (Å²) in [6.07, 6.45) is 3.13. The molecule has 1 amide bonds. The van der Waals surface area contributed by atoms with Crippen LogP contribution in [0.4, 0.5) is 0 Å². The van der Waals surface area contributed by atoms with Crippen molar-refractivity contribution in [1.29, 1.82) is 0 Å². The maximum atomic E-state index is 12.2. The number of rotatable bonds is 4. The zero-order chi connectivity index (χ0) is 14.0. The molecule has 1 rings (SSSR count). The van der Waals surface area contributed by atoms with E-state index >= 15 is 0 Å². The third-order valence-electron chi connectivity index (χ3n) is 4.00. The van der Waals surface area contributed by atoms with E-state index in [1.165, 1.54) is 6.42 Å². The van der Waals surface area contributed by atoms with Crippen molar-refractivity contribution < 1.29 is 14.7 Å². The normalized spacial score (nSPS) is 21.4. The number of carboxylic acids is 1. The van der Waals surface area contributed by atoms with Gasteiger partial charge in [-0.05, 0) is 46.3 Å². The fourth-order valence-corrected chi connectivity index (χ4v) is 2.96. The predicted octanol–water partition coefficient (Wildman–Crippen LogP) is 2.28. The highest BCUT2D eigenvalue weighted by Crippen LogP contribution is 2.32. The fraction of sp³-hybridized carbons (Fsp3) is 0.846. The maximum Gasteiger partial charge on any atom is 0.311 e. The Kier molecular flexibility index (Phi) is 4.70. The van der Waals surface area contributed by atoms with E-state index in [1.54, 1.807) is 39.5 Å². The van der Waals surface area contributed by atoms with Crippen molar-refractivity contribution >= 4 is 23.6 Å². The molecule has 0 aliphatic carbocycles. The summed E-state index contributed by atoms with van der Waals surface area (Å²) in [7, 11) is 0. The van der Waals surface area contributed by atoms with Crippen molar-refractivity contribution in [1.82, 2.24) is 5.32 Å². The van der Waals surface area contributed by atoms with Gasteiger partial charge < -0.3 is 10.4 Å². The van der Waals surface area contributed by atoms with Crippen LogP contribution in [0.1, 0.15) is 47.0 Å². The lowest BCUT2D eigenvalue weighted by atomic mass is 9.74. The lowest BCUT2D eigenvalue weighted by Crippen LogP contribution is -2.58. The maximum absolute atomic E-state index is 12.2. The molecule has 1 unspecified atom stereocenters. The Bertz CT molecular complexity index is 333. The van der Waals surface area contributed by atoms with E-state index in [4.69, 9.17) is 0 Å². The number of nitrogens with one attached hydrogen (secondary N) is 1. The number of carbonyl (C=O) groups excluding carboxylic acids is 1. The van der Waals surface area contributed by atoms with E-state index < -0.39 is 16.9 Å². The molecular weight excluding hydrogens is 250 g/mol. The largest absolute Gasteiger partial charge is 0.481 e. The second kappa shape index (κ2) is 5.51. The lowest BCUT2D eigenvalue weighted by Gasteiger charge is -2.39. The topological polar surface area (TPSA) is 66.4 Å². The van der Waals surface area contributed by atoms with Crippen LogP contribution in [0.3, 0.4) is 0 Å². The van der Waals surface area contributed by atoms with E-state index in [1.807, 2.05) is 0 Å². The third kappa shape index (κ3) is 3.19. The van der Waals surface area contributed by atoms with Gasteiger partial charge in [0.05, 0.1) is 10.7 Å². The number of aliphatic carboxylic acids is 1. The molecule has 1 aliphatic heterocycles. The van der Waals surface area contributed by atoms with Gasteiger partial charge in [0.1, 0.15) is 0 Å². The first kappa shape index (κ1) is 15.3. The van der Waals surface area contributed by atoms with Crippen molar-refractivity contribution in [2.45, 2.75) is 57.7 Å². The second-order valence-electron chi connectivity index (χ2n) is 5.90. The molecule has 0 radical (unpaired) electrons. The average molecular weight is 273 g/mol. The monoisotopic (exact) mass is 273 g/mol. The zero-order valence-corrected chi connectivity index (χ0v) is 12.4. The smallest absolute Gasteiger partial charge is 0.311 e. The Labute approximate surface area is 113 Å². The van der Waals surface area contributed by atoms with Gasteiger partial charge in [0.25, 0.3) is 0 Å². The predicted molar refractivity (Wildman–Crippen MR) is 73.7 cm³/mol. The highest BCUT2D eigenvalue weighted by molar-refractivity contribution is 8.00. The Morgan fingerprint density at radius 3 is 2.28 bits per heavy atom. The van der Waals surface area contributed by atoms with Crippen LogP contribution in [-0.2, 0) is 9.59 Å². The Morgan fingerprint density at radius 1 is 1.22 bits per heavy atom. The molecule has 0 spiro atoms. The molecule has 4 nitrogen and oxygen atoms in total. The van der Waals surface area contributed by atoms with Crippen LogP contribution >= 0.6 is 11.8 Å². The number of carboxylic acid groups (broad SMARTS) is 1. The highest BCUT2D eigenvalue weighted by atomic mass is 32.2. The van der Waals surface area contributed by atoms with Crippen molar-refractivity contribution in [2.24, 2.45) is 5.41 Å². The number of amides is 1. The molecule has 1 fully saturated rings. The Hall–Kier alpha value is -0.710. The summed E-state index contributed by atoms with van der Waals surface area (Å²) in [5, 5.41) is 12.1. The number of thioether (sulfide) groups is 1.